The minimum absolute atomic E-state index is 0.312. The molecule has 3 rings (SSSR count). The molecule has 1 N–H and O–H groups in total. The van der Waals surface area contributed by atoms with Gasteiger partial charge in [-0.25, -0.2) is 4.39 Å². The van der Waals surface area contributed by atoms with E-state index in [1.54, 1.807) is 19.1 Å². The summed E-state index contributed by atoms with van der Waals surface area (Å²) in [7, 11) is 0. The fraction of sp³-hybridized carbons (Fsp3) is 0.625. The monoisotopic (exact) mass is 264 g/mol. The van der Waals surface area contributed by atoms with Crippen LogP contribution in [0.2, 0.25) is 0 Å². The highest BCUT2D eigenvalue weighted by atomic mass is 19.1. The smallest absolute Gasteiger partial charge is 0.165 e. The first kappa shape index (κ1) is 12.9. The number of benzene rings is 1. The number of aliphatic hydroxyl groups is 1. The minimum atomic E-state index is -0.644. The largest absolute Gasteiger partial charge is 0.490 e. The highest BCUT2D eigenvalue weighted by Gasteiger charge is 2.39. The molecule has 0 radical (unpaired) electrons. The third-order valence-electron chi connectivity index (χ3n) is 4.78. The van der Waals surface area contributed by atoms with Crippen molar-refractivity contribution in [3.63, 3.8) is 0 Å². The molecule has 19 heavy (non-hydrogen) atoms. The van der Waals surface area contributed by atoms with Gasteiger partial charge >= 0.3 is 0 Å². The van der Waals surface area contributed by atoms with Crippen LogP contribution < -0.4 is 4.74 Å². The molecule has 3 heteroatoms. The summed E-state index contributed by atoms with van der Waals surface area (Å²) in [6.07, 6.45) is 4.64. The predicted octanol–water partition coefficient (Wildman–Crippen LogP) is 3.69. The van der Waals surface area contributed by atoms with E-state index in [-0.39, 0.29) is 5.82 Å². The Bertz CT molecular complexity index is 458. The van der Waals surface area contributed by atoms with Crippen molar-refractivity contribution in [1.29, 1.82) is 0 Å². The molecule has 4 atom stereocenters. The normalized spacial score (nSPS) is 30.6. The van der Waals surface area contributed by atoms with Crippen LogP contribution in [0, 0.1) is 23.6 Å². The summed E-state index contributed by atoms with van der Waals surface area (Å²) in [5.74, 6) is 2.23. The molecular formula is C16H21FO2. The van der Waals surface area contributed by atoms with Crippen LogP contribution in [-0.4, -0.2) is 11.7 Å². The lowest BCUT2D eigenvalue weighted by Crippen LogP contribution is -2.18. The van der Waals surface area contributed by atoms with Gasteiger partial charge in [0, 0.05) is 0 Å². The van der Waals surface area contributed by atoms with E-state index in [1.165, 1.54) is 31.7 Å². The molecule has 2 fully saturated rings. The fourth-order valence-corrected chi connectivity index (χ4v) is 3.67. The molecule has 0 spiro atoms. The quantitative estimate of drug-likeness (QED) is 0.898. The average molecular weight is 264 g/mol. The van der Waals surface area contributed by atoms with Crippen LogP contribution in [0.15, 0.2) is 18.2 Å². The zero-order valence-corrected chi connectivity index (χ0v) is 11.3. The van der Waals surface area contributed by atoms with Crippen LogP contribution in [0.25, 0.3) is 0 Å². The van der Waals surface area contributed by atoms with Gasteiger partial charge in [0.05, 0.1) is 12.7 Å². The summed E-state index contributed by atoms with van der Waals surface area (Å²) in [5, 5.41) is 9.41. The van der Waals surface area contributed by atoms with Crippen molar-refractivity contribution in [3.8, 4) is 5.75 Å². The maximum atomic E-state index is 13.8. The summed E-state index contributed by atoms with van der Waals surface area (Å²) in [6.45, 7) is 2.26. The third-order valence-corrected chi connectivity index (χ3v) is 4.78. The van der Waals surface area contributed by atoms with Gasteiger partial charge in [0.15, 0.2) is 11.6 Å². The van der Waals surface area contributed by atoms with Crippen molar-refractivity contribution in [2.24, 2.45) is 17.8 Å². The Morgan fingerprint density at radius 2 is 2.21 bits per heavy atom. The summed E-state index contributed by atoms with van der Waals surface area (Å²) in [5.41, 5.74) is 0.588. The molecule has 0 saturated heterocycles. The molecular weight excluding hydrogens is 243 g/mol. The van der Waals surface area contributed by atoms with Crippen LogP contribution in [0.4, 0.5) is 4.39 Å². The number of halogens is 1. The van der Waals surface area contributed by atoms with Crippen molar-refractivity contribution in [1.82, 2.24) is 0 Å². The molecule has 0 aromatic heterocycles. The van der Waals surface area contributed by atoms with E-state index in [9.17, 15) is 9.50 Å². The van der Waals surface area contributed by atoms with Gasteiger partial charge in [0.1, 0.15) is 0 Å². The van der Waals surface area contributed by atoms with Gasteiger partial charge in [0.2, 0.25) is 0 Å². The predicted molar refractivity (Wildman–Crippen MR) is 71.5 cm³/mol. The maximum absolute atomic E-state index is 13.8. The third kappa shape index (κ3) is 2.62. The highest BCUT2D eigenvalue weighted by Crippen LogP contribution is 2.48. The van der Waals surface area contributed by atoms with Crippen LogP contribution >= 0.6 is 0 Å². The number of aliphatic hydroxyl groups excluding tert-OH is 1. The maximum Gasteiger partial charge on any atom is 0.165 e. The highest BCUT2D eigenvalue weighted by molar-refractivity contribution is 5.30. The lowest BCUT2D eigenvalue weighted by molar-refractivity contribution is 0.187. The Hall–Kier alpha value is -1.09. The van der Waals surface area contributed by atoms with E-state index in [2.05, 4.69) is 0 Å². The van der Waals surface area contributed by atoms with E-state index in [0.29, 0.717) is 23.8 Å². The van der Waals surface area contributed by atoms with E-state index < -0.39 is 6.10 Å². The molecule has 104 valence electrons. The van der Waals surface area contributed by atoms with Crippen molar-refractivity contribution >= 4 is 0 Å². The van der Waals surface area contributed by atoms with Crippen molar-refractivity contribution in [2.45, 2.75) is 38.7 Å². The van der Waals surface area contributed by atoms with Crippen molar-refractivity contribution in [3.05, 3.63) is 29.6 Å². The molecule has 2 nitrogen and oxygen atoms in total. The second-order valence-corrected chi connectivity index (χ2v) is 6.11. The van der Waals surface area contributed by atoms with E-state index >= 15 is 0 Å². The van der Waals surface area contributed by atoms with Gasteiger partial charge < -0.3 is 9.84 Å². The SMILES string of the molecule is C[C@H](O)c1ccc(OCC2CC3CCC2C3)c(F)c1. The second kappa shape index (κ2) is 5.12. The van der Waals surface area contributed by atoms with Gasteiger partial charge in [-0.05, 0) is 61.6 Å². The fourth-order valence-electron chi connectivity index (χ4n) is 3.67. The Labute approximate surface area is 113 Å². The molecule has 2 bridgehead atoms. The Kier molecular flexibility index (Phi) is 3.48. The topological polar surface area (TPSA) is 29.5 Å². The zero-order chi connectivity index (χ0) is 13.4. The first-order valence-electron chi connectivity index (χ1n) is 7.24. The molecule has 1 aromatic carbocycles. The minimum Gasteiger partial charge on any atom is -0.490 e. The van der Waals surface area contributed by atoms with Crippen LogP contribution in [0.3, 0.4) is 0 Å². The van der Waals surface area contributed by atoms with Crippen molar-refractivity contribution in [2.75, 3.05) is 6.61 Å². The molecule has 2 saturated carbocycles. The summed E-state index contributed by atoms with van der Waals surface area (Å²) >= 11 is 0. The Morgan fingerprint density at radius 1 is 1.37 bits per heavy atom. The van der Waals surface area contributed by atoms with E-state index in [1.807, 2.05) is 0 Å². The molecule has 0 aliphatic heterocycles. The number of rotatable bonds is 4. The van der Waals surface area contributed by atoms with Crippen LogP contribution in [0.1, 0.15) is 44.3 Å². The first-order valence-corrected chi connectivity index (χ1v) is 7.24. The van der Waals surface area contributed by atoms with Gasteiger partial charge in [-0.1, -0.05) is 12.5 Å². The molecule has 0 amide bonds. The Morgan fingerprint density at radius 3 is 2.79 bits per heavy atom. The van der Waals surface area contributed by atoms with E-state index in [0.717, 1.165) is 11.8 Å². The molecule has 3 unspecified atom stereocenters. The number of hydrogen-bond acceptors (Lipinski definition) is 2. The number of hydrogen-bond donors (Lipinski definition) is 1. The number of fused-ring (bicyclic) bond motifs is 2. The summed E-state index contributed by atoms with van der Waals surface area (Å²) in [4.78, 5) is 0. The lowest BCUT2D eigenvalue weighted by atomic mass is 9.89. The molecule has 2 aliphatic rings. The van der Waals surface area contributed by atoms with Crippen molar-refractivity contribution < 1.29 is 14.2 Å². The lowest BCUT2D eigenvalue weighted by Gasteiger charge is -2.22. The summed E-state index contributed by atoms with van der Waals surface area (Å²) in [6, 6.07) is 4.72. The molecule has 0 heterocycles. The molecule has 2 aliphatic carbocycles. The zero-order valence-electron chi connectivity index (χ0n) is 11.3. The standard InChI is InChI=1S/C16H21FO2/c1-10(18)12-4-5-16(15(17)8-12)19-9-14-7-11-2-3-13(14)6-11/h4-5,8,10-11,13-14,18H,2-3,6-7,9H2,1H3/t10-,11?,13?,14?/m0/s1. The van der Waals surface area contributed by atoms with Gasteiger partial charge in [-0.15, -0.1) is 0 Å². The Balaban J connectivity index is 1.61. The van der Waals surface area contributed by atoms with Crippen LogP contribution in [0.5, 0.6) is 5.75 Å². The first-order chi connectivity index (χ1) is 9.13. The average Bonchev–Trinajstić information content (AvgIpc) is 2.99. The van der Waals surface area contributed by atoms with Gasteiger partial charge in [-0.3, -0.25) is 0 Å². The second-order valence-electron chi connectivity index (χ2n) is 6.11. The van der Waals surface area contributed by atoms with Gasteiger partial charge in [0.25, 0.3) is 0 Å². The van der Waals surface area contributed by atoms with E-state index in [4.69, 9.17) is 4.74 Å². The van der Waals surface area contributed by atoms with Crippen LogP contribution in [-0.2, 0) is 0 Å². The summed E-state index contributed by atoms with van der Waals surface area (Å²) < 4.78 is 19.5. The van der Waals surface area contributed by atoms with Gasteiger partial charge in [-0.2, -0.15) is 0 Å². The molecule has 1 aromatic rings. The number of ether oxygens (including phenoxy) is 1.